The molecule has 0 radical (unpaired) electrons. The van der Waals surface area contributed by atoms with E-state index in [1.165, 1.54) is 18.2 Å². The van der Waals surface area contributed by atoms with E-state index in [4.69, 9.17) is 16.0 Å². The first kappa shape index (κ1) is 18.8. The number of alkyl halides is 3. The molecule has 140 valence electrons. The van der Waals surface area contributed by atoms with Gasteiger partial charge in [-0.05, 0) is 42.8 Å². The molecule has 0 atom stereocenters. The molecule has 2 amide bonds. The van der Waals surface area contributed by atoms with E-state index in [9.17, 15) is 22.8 Å². The molecule has 0 aliphatic heterocycles. The molecule has 0 bridgehead atoms. The fourth-order valence-electron chi connectivity index (χ4n) is 2.52. The van der Waals surface area contributed by atoms with Gasteiger partial charge in [-0.1, -0.05) is 11.6 Å². The van der Waals surface area contributed by atoms with Crippen LogP contribution in [-0.2, 0) is 6.18 Å². The first-order chi connectivity index (χ1) is 12.6. The molecule has 0 aliphatic rings. The summed E-state index contributed by atoms with van der Waals surface area (Å²) in [5.41, 5.74) is -0.347. The first-order valence-electron chi connectivity index (χ1n) is 7.63. The number of aryl methyl sites for hydroxylation is 1. The van der Waals surface area contributed by atoms with Gasteiger partial charge in [0.2, 0.25) is 0 Å². The summed E-state index contributed by atoms with van der Waals surface area (Å²) in [5.74, 6) is 0. The number of halogens is 4. The molecule has 0 fully saturated rings. The topological polar surface area (TPSA) is 71.3 Å². The fraction of sp³-hybridized carbons (Fsp3) is 0.111. The van der Waals surface area contributed by atoms with Crippen LogP contribution in [0.3, 0.4) is 0 Å². The van der Waals surface area contributed by atoms with Crippen molar-refractivity contribution in [2.45, 2.75) is 13.1 Å². The summed E-state index contributed by atoms with van der Waals surface area (Å²) in [6.45, 7) is 1.75. The number of amides is 2. The first-order valence-corrected chi connectivity index (χ1v) is 8.00. The molecular weight excluding hydrogens is 385 g/mol. The van der Waals surface area contributed by atoms with Crippen LogP contribution in [0.15, 0.2) is 51.7 Å². The van der Waals surface area contributed by atoms with Crippen molar-refractivity contribution < 1.29 is 22.4 Å². The third-order valence-corrected chi connectivity index (χ3v) is 4.07. The number of rotatable bonds is 2. The quantitative estimate of drug-likeness (QED) is 0.568. The molecule has 1 heterocycles. The second-order valence-corrected chi connectivity index (χ2v) is 6.14. The third-order valence-electron chi connectivity index (χ3n) is 3.74. The van der Waals surface area contributed by atoms with Crippen LogP contribution in [0.5, 0.6) is 0 Å². The Hall–Kier alpha value is -3.00. The lowest BCUT2D eigenvalue weighted by Gasteiger charge is -2.12. The minimum absolute atomic E-state index is 0.0765. The molecule has 3 aromatic rings. The lowest BCUT2D eigenvalue weighted by molar-refractivity contribution is -0.137. The molecule has 0 saturated heterocycles. The van der Waals surface area contributed by atoms with E-state index in [1.54, 1.807) is 19.1 Å². The van der Waals surface area contributed by atoms with E-state index in [0.29, 0.717) is 11.1 Å². The van der Waals surface area contributed by atoms with Crippen molar-refractivity contribution in [2.24, 2.45) is 0 Å². The molecule has 27 heavy (non-hydrogen) atoms. The highest BCUT2D eigenvalue weighted by molar-refractivity contribution is 6.31. The summed E-state index contributed by atoms with van der Waals surface area (Å²) < 4.78 is 43.7. The van der Waals surface area contributed by atoms with E-state index in [2.05, 4.69) is 10.6 Å². The number of nitrogens with one attached hydrogen (secondary N) is 2. The molecule has 1 aromatic heterocycles. The second kappa shape index (κ2) is 6.96. The van der Waals surface area contributed by atoms with Crippen molar-refractivity contribution in [1.82, 2.24) is 0 Å². The summed E-state index contributed by atoms with van der Waals surface area (Å²) >= 11 is 5.54. The highest BCUT2D eigenvalue weighted by atomic mass is 35.5. The van der Waals surface area contributed by atoms with Crippen molar-refractivity contribution in [2.75, 3.05) is 10.6 Å². The number of fused-ring (bicyclic) bond motifs is 1. The maximum Gasteiger partial charge on any atom is 0.417 e. The molecule has 0 saturated carbocycles. The third kappa shape index (κ3) is 4.22. The van der Waals surface area contributed by atoms with Gasteiger partial charge >= 0.3 is 17.8 Å². The molecule has 0 spiro atoms. The van der Waals surface area contributed by atoms with E-state index in [-0.39, 0.29) is 11.3 Å². The number of anilines is 2. The number of urea groups is 1. The number of carbonyl (C=O) groups is 1. The van der Waals surface area contributed by atoms with Gasteiger partial charge in [-0.25, -0.2) is 9.59 Å². The Balaban J connectivity index is 1.80. The van der Waals surface area contributed by atoms with Crippen LogP contribution in [0.25, 0.3) is 11.0 Å². The minimum atomic E-state index is -4.64. The standard InChI is InChI=1S/C18H12ClF3N2O3/c1-9-6-16(25)27-15-8-11(2-4-12(9)15)24-17(26)23-10-3-5-14(19)13(7-10)18(20,21)22/h2-8H,1H3,(H2,23,24,26). The molecule has 0 aliphatic carbocycles. The van der Waals surface area contributed by atoms with Gasteiger partial charge in [0.15, 0.2) is 0 Å². The monoisotopic (exact) mass is 396 g/mol. The maximum absolute atomic E-state index is 12.9. The Morgan fingerprint density at radius 2 is 1.67 bits per heavy atom. The summed E-state index contributed by atoms with van der Waals surface area (Å²) in [5, 5.41) is 5.01. The largest absolute Gasteiger partial charge is 0.423 e. The zero-order valence-electron chi connectivity index (χ0n) is 13.8. The van der Waals surface area contributed by atoms with Crippen LogP contribution in [0.4, 0.5) is 29.3 Å². The molecule has 0 unspecified atom stereocenters. The fourth-order valence-corrected chi connectivity index (χ4v) is 2.74. The number of hydrogen-bond donors (Lipinski definition) is 2. The Bertz CT molecular complexity index is 1090. The van der Waals surface area contributed by atoms with E-state index in [1.807, 2.05) is 0 Å². The Morgan fingerprint density at radius 1 is 1.04 bits per heavy atom. The van der Waals surface area contributed by atoms with Crippen molar-refractivity contribution in [3.8, 4) is 0 Å². The van der Waals surface area contributed by atoms with Crippen LogP contribution in [-0.4, -0.2) is 6.03 Å². The summed E-state index contributed by atoms with van der Waals surface area (Å²) in [6.07, 6.45) is -4.64. The van der Waals surface area contributed by atoms with Crippen LogP contribution in [0, 0.1) is 6.92 Å². The zero-order chi connectivity index (χ0) is 19.8. The highest BCUT2D eigenvalue weighted by Crippen LogP contribution is 2.36. The van der Waals surface area contributed by atoms with Gasteiger partial charge in [-0.3, -0.25) is 0 Å². The number of carbonyl (C=O) groups excluding carboxylic acids is 1. The van der Waals surface area contributed by atoms with Crippen LogP contribution in [0.1, 0.15) is 11.1 Å². The van der Waals surface area contributed by atoms with Crippen LogP contribution in [0.2, 0.25) is 5.02 Å². The molecule has 2 N–H and O–H groups in total. The van der Waals surface area contributed by atoms with Gasteiger partial charge in [0.05, 0.1) is 10.6 Å². The SMILES string of the molecule is Cc1cc(=O)oc2cc(NC(=O)Nc3ccc(Cl)c(C(F)(F)F)c3)ccc12. The summed E-state index contributed by atoms with van der Waals surface area (Å²) in [6, 6.07) is 8.32. The van der Waals surface area contributed by atoms with Gasteiger partial charge in [0.25, 0.3) is 0 Å². The Labute approximate surface area is 155 Å². The summed E-state index contributed by atoms with van der Waals surface area (Å²) in [7, 11) is 0. The number of benzene rings is 2. The van der Waals surface area contributed by atoms with Gasteiger partial charge in [0.1, 0.15) is 5.58 Å². The predicted octanol–water partition coefficient (Wildman–Crippen LogP) is 5.42. The van der Waals surface area contributed by atoms with Gasteiger partial charge in [-0.2, -0.15) is 13.2 Å². The Kier molecular flexibility index (Phi) is 4.84. The van der Waals surface area contributed by atoms with Crippen molar-refractivity contribution >= 4 is 40.0 Å². The minimum Gasteiger partial charge on any atom is -0.423 e. The normalized spacial score (nSPS) is 11.4. The van der Waals surface area contributed by atoms with E-state index < -0.39 is 28.4 Å². The highest BCUT2D eigenvalue weighted by Gasteiger charge is 2.33. The van der Waals surface area contributed by atoms with Gasteiger partial charge in [-0.15, -0.1) is 0 Å². The number of hydrogen-bond acceptors (Lipinski definition) is 3. The zero-order valence-corrected chi connectivity index (χ0v) is 14.5. The second-order valence-electron chi connectivity index (χ2n) is 5.73. The lowest BCUT2D eigenvalue weighted by Crippen LogP contribution is -2.20. The van der Waals surface area contributed by atoms with Crippen LogP contribution >= 0.6 is 11.6 Å². The molecule has 2 aromatic carbocycles. The van der Waals surface area contributed by atoms with E-state index in [0.717, 1.165) is 17.7 Å². The summed E-state index contributed by atoms with van der Waals surface area (Å²) in [4.78, 5) is 23.5. The van der Waals surface area contributed by atoms with Gasteiger partial charge < -0.3 is 15.1 Å². The lowest BCUT2D eigenvalue weighted by atomic mass is 10.1. The average Bonchev–Trinajstić information content (AvgIpc) is 2.55. The average molecular weight is 397 g/mol. The smallest absolute Gasteiger partial charge is 0.417 e. The Morgan fingerprint density at radius 3 is 2.33 bits per heavy atom. The van der Waals surface area contributed by atoms with Crippen LogP contribution < -0.4 is 16.3 Å². The predicted molar refractivity (Wildman–Crippen MR) is 96.3 cm³/mol. The maximum atomic E-state index is 12.9. The molecule has 9 heteroatoms. The molecule has 3 rings (SSSR count). The van der Waals surface area contributed by atoms with Crippen molar-refractivity contribution in [3.63, 3.8) is 0 Å². The molecule has 5 nitrogen and oxygen atoms in total. The van der Waals surface area contributed by atoms with Crippen molar-refractivity contribution in [3.05, 3.63) is 69.0 Å². The van der Waals surface area contributed by atoms with Gasteiger partial charge in [0, 0.05) is 28.9 Å². The van der Waals surface area contributed by atoms with E-state index >= 15 is 0 Å². The van der Waals surface area contributed by atoms with Crippen molar-refractivity contribution in [1.29, 1.82) is 0 Å². The molecular formula is C18H12ClF3N2O3.